The van der Waals surface area contributed by atoms with Gasteiger partial charge < -0.3 is 9.64 Å². The fourth-order valence-corrected chi connectivity index (χ4v) is 2.74. The molecule has 3 heterocycles. The van der Waals surface area contributed by atoms with Gasteiger partial charge in [-0.1, -0.05) is 6.07 Å². The zero-order valence-corrected chi connectivity index (χ0v) is 13.4. The summed E-state index contributed by atoms with van der Waals surface area (Å²) in [6.45, 7) is 5.11. The predicted molar refractivity (Wildman–Crippen MR) is 85.1 cm³/mol. The van der Waals surface area contributed by atoms with Crippen molar-refractivity contribution in [2.24, 2.45) is 0 Å². The summed E-state index contributed by atoms with van der Waals surface area (Å²) in [5, 5.41) is 0. The zero-order chi connectivity index (χ0) is 16.2. The van der Waals surface area contributed by atoms with Gasteiger partial charge in [-0.3, -0.25) is 9.78 Å². The third-order valence-corrected chi connectivity index (χ3v) is 3.81. The van der Waals surface area contributed by atoms with E-state index in [1.54, 1.807) is 12.4 Å². The fourth-order valence-electron chi connectivity index (χ4n) is 2.74. The van der Waals surface area contributed by atoms with Crippen LogP contribution >= 0.6 is 0 Å². The van der Waals surface area contributed by atoms with E-state index in [9.17, 15) is 4.79 Å². The Labute approximate surface area is 135 Å². The lowest BCUT2D eigenvalue weighted by Crippen LogP contribution is -2.32. The molecule has 0 bridgehead atoms. The van der Waals surface area contributed by atoms with E-state index in [2.05, 4.69) is 15.0 Å². The first kappa shape index (κ1) is 15.4. The minimum Gasteiger partial charge on any atom is -0.458 e. The van der Waals surface area contributed by atoms with E-state index in [1.807, 2.05) is 36.9 Å². The molecule has 0 radical (unpaired) electrons. The van der Waals surface area contributed by atoms with Crippen LogP contribution in [0.1, 0.15) is 23.4 Å². The molecule has 0 aliphatic carbocycles. The number of likely N-dealkylation sites (tertiary alicyclic amines) is 1. The van der Waals surface area contributed by atoms with E-state index in [4.69, 9.17) is 4.74 Å². The molecule has 1 fully saturated rings. The van der Waals surface area contributed by atoms with Crippen LogP contribution in [0.2, 0.25) is 0 Å². The van der Waals surface area contributed by atoms with Gasteiger partial charge in [0.15, 0.2) is 0 Å². The van der Waals surface area contributed by atoms with E-state index < -0.39 is 0 Å². The van der Waals surface area contributed by atoms with Crippen LogP contribution in [0.3, 0.4) is 0 Å². The molecule has 1 saturated heterocycles. The average Bonchev–Trinajstić information content (AvgIpc) is 2.96. The zero-order valence-electron chi connectivity index (χ0n) is 13.4. The molecule has 0 saturated carbocycles. The van der Waals surface area contributed by atoms with Gasteiger partial charge in [-0.2, -0.15) is 0 Å². The number of carbonyl (C=O) groups excluding carboxylic acids is 1. The largest absolute Gasteiger partial charge is 0.458 e. The molecule has 3 rings (SSSR count). The highest BCUT2D eigenvalue weighted by Crippen LogP contribution is 2.17. The molecule has 0 unspecified atom stereocenters. The molecular weight excluding hydrogens is 292 g/mol. The summed E-state index contributed by atoms with van der Waals surface area (Å²) in [6, 6.07) is 6.06. The molecule has 1 aliphatic rings. The molecule has 6 nitrogen and oxygen atoms in total. The lowest BCUT2D eigenvalue weighted by Gasteiger charge is -2.17. The van der Waals surface area contributed by atoms with Gasteiger partial charge in [0.2, 0.25) is 5.91 Å². The van der Waals surface area contributed by atoms with Crippen molar-refractivity contribution in [2.75, 3.05) is 13.1 Å². The van der Waals surface area contributed by atoms with Crippen LogP contribution in [0, 0.1) is 13.8 Å². The normalized spacial score (nSPS) is 17.3. The summed E-state index contributed by atoms with van der Waals surface area (Å²) in [5.74, 6) is 0.102. The third kappa shape index (κ3) is 4.03. The average molecular weight is 312 g/mol. The highest BCUT2D eigenvalue weighted by molar-refractivity contribution is 5.79. The molecule has 120 valence electrons. The quantitative estimate of drug-likeness (QED) is 0.860. The first-order chi connectivity index (χ1) is 11.1. The standard InChI is InChI=1S/C17H20N4O2/c1-12-8-13(2)20-17(19-12)23-15-5-7-21(11-15)16(22)9-14-4-3-6-18-10-14/h3-4,6,8,10,15H,5,7,9,11H2,1-2H3/t15-/m1/s1. The van der Waals surface area contributed by atoms with Crippen LogP contribution in [0.15, 0.2) is 30.6 Å². The van der Waals surface area contributed by atoms with E-state index in [-0.39, 0.29) is 12.0 Å². The van der Waals surface area contributed by atoms with Crippen molar-refractivity contribution in [2.45, 2.75) is 32.8 Å². The number of aromatic nitrogens is 3. The SMILES string of the molecule is Cc1cc(C)nc(O[C@@H]2CCN(C(=O)Cc3cccnc3)C2)n1. The van der Waals surface area contributed by atoms with Gasteiger partial charge in [0.25, 0.3) is 0 Å². The van der Waals surface area contributed by atoms with Gasteiger partial charge in [0.1, 0.15) is 6.10 Å². The van der Waals surface area contributed by atoms with E-state index in [0.717, 1.165) is 23.4 Å². The van der Waals surface area contributed by atoms with Crippen molar-refractivity contribution in [1.29, 1.82) is 0 Å². The fraction of sp³-hybridized carbons (Fsp3) is 0.412. The first-order valence-corrected chi connectivity index (χ1v) is 7.76. The number of aryl methyl sites for hydroxylation is 2. The van der Waals surface area contributed by atoms with Crippen LogP contribution in [0.5, 0.6) is 6.01 Å². The molecule has 23 heavy (non-hydrogen) atoms. The van der Waals surface area contributed by atoms with Crippen molar-refractivity contribution < 1.29 is 9.53 Å². The molecular formula is C17H20N4O2. The summed E-state index contributed by atoms with van der Waals surface area (Å²) >= 11 is 0. The highest BCUT2D eigenvalue weighted by atomic mass is 16.5. The molecule has 1 aliphatic heterocycles. The second-order valence-corrected chi connectivity index (χ2v) is 5.84. The van der Waals surface area contributed by atoms with Crippen LogP contribution in [0.4, 0.5) is 0 Å². The second-order valence-electron chi connectivity index (χ2n) is 5.84. The minimum atomic E-state index is -0.0472. The Morgan fingerprint density at radius 1 is 1.35 bits per heavy atom. The Morgan fingerprint density at radius 3 is 2.83 bits per heavy atom. The maximum absolute atomic E-state index is 12.3. The first-order valence-electron chi connectivity index (χ1n) is 7.76. The van der Waals surface area contributed by atoms with Crippen molar-refractivity contribution in [3.63, 3.8) is 0 Å². The summed E-state index contributed by atoms with van der Waals surface area (Å²) in [4.78, 5) is 26.8. The van der Waals surface area contributed by atoms with E-state index in [1.165, 1.54) is 0 Å². The maximum atomic E-state index is 12.3. The molecule has 0 spiro atoms. The summed E-state index contributed by atoms with van der Waals surface area (Å²) in [7, 11) is 0. The molecule has 1 atom stereocenters. The molecule has 2 aromatic rings. The Kier molecular flexibility index (Phi) is 4.50. The van der Waals surface area contributed by atoms with Crippen LogP contribution < -0.4 is 4.74 Å². The van der Waals surface area contributed by atoms with Crippen molar-refractivity contribution in [1.82, 2.24) is 19.9 Å². The summed E-state index contributed by atoms with van der Waals surface area (Å²) in [5.41, 5.74) is 2.70. The van der Waals surface area contributed by atoms with Crippen molar-refractivity contribution in [3.05, 3.63) is 47.5 Å². The summed E-state index contributed by atoms with van der Waals surface area (Å²) in [6.07, 6.45) is 4.56. The van der Waals surface area contributed by atoms with Gasteiger partial charge in [-0.05, 0) is 31.5 Å². The number of carbonyl (C=O) groups is 1. The molecule has 1 amide bonds. The number of rotatable bonds is 4. The minimum absolute atomic E-state index is 0.0472. The predicted octanol–water partition coefficient (Wildman–Crippen LogP) is 1.71. The lowest BCUT2D eigenvalue weighted by atomic mass is 10.2. The topological polar surface area (TPSA) is 68.2 Å². The lowest BCUT2D eigenvalue weighted by molar-refractivity contribution is -0.129. The number of nitrogens with zero attached hydrogens (tertiary/aromatic N) is 4. The van der Waals surface area contributed by atoms with E-state index in [0.29, 0.717) is 25.5 Å². The van der Waals surface area contributed by atoms with Crippen LogP contribution in [0.25, 0.3) is 0 Å². The second kappa shape index (κ2) is 6.73. The molecule has 0 N–H and O–H groups in total. The van der Waals surface area contributed by atoms with Crippen molar-refractivity contribution in [3.8, 4) is 6.01 Å². The molecule has 2 aromatic heterocycles. The maximum Gasteiger partial charge on any atom is 0.317 e. The molecule has 6 heteroatoms. The van der Waals surface area contributed by atoms with Gasteiger partial charge in [-0.25, -0.2) is 9.97 Å². The Hall–Kier alpha value is -2.50. The number of pyridine rings is 1. The summed E-state index contributed by atoms with van der Waals surface area (Å²) < 4.78 is 5.84. The number of ether oxygens (including phenoxy) is 1. The van der Waals surface area contributed by atoms with Gasteiger partial charge >= 0.3 is 6.01 Å². The van der Waals surface area contributed by atoms with Gasteiger partial charge in [0, 0.05) is 36.7 Å². The third-order valence-electron chi connectivity index (χ3n) is 3.81. The highest BCUT2D eigenvalue weighted by Gasteiger charge is 2.28. The number of hydrogen-bond acceptors (Lipinski definition) is 5. The molecule has 0 aromatic carbocycles. The van der Waals surface area contributed by atoms with Gasteiger partial charge in [-0.15, -0.1) is 0 Å². The Bertz CT molecular complexity index is 670. The number of hydrogen-bond donors (Lipinski definition) is 0. The van der Waals surface area contributed by atoms with Gasteiger partial charge in [0.05, 0.1) is 13.0 Å². The van der Waals surface area contributed by atoms with Crippen LogP contribution in [-0.4, -0.2) is 45.0 Å². The number of amides is 1. The Morgan fingerprint density at radius 2 is 2.13 bits per heavy atom. The van der Waals surface area contributed by atoms with E-state index >= 15 is 0 Å². The van der Waals surface area contributed by atoms with Crippen LogP contribution in [-0.2, 0) is 11.2 Å². The Balaban J connectivity index is 1.56. The van der Waals surface area contributed by atoms with Crippen molar-refractivity contribution >= 4 is 5.91 Å². The smallest absolute Gasteiger partial charge is 0.317 e. The monoisotopic (exact) mass is 312 g/mol.